The van der Waals surface area contributed by atoms with Crippen molar-refractivity contribution in [2.24, 2.45) is 17.8 Å². The molecule has 1 aromatic heterocycles. The van der Waals surface area contributed by atoms with Crippen molar-refractivity contribution in [1.29, 1.82) is 0 Å². The van der Waals surface area contributed by atoms with Crippen LogP contribution < -0.4 is 5.32 Å². The molecule has 2 aromatic rings. The maximum absolute atomic E-state index is 13.9. The third-order valence-electron chi connectivity index (χ3n) is 6.04. The maximum Gasteiger partial charge on any atom is 0.173 e. The van der Waals surface area contributed by atoms with Gasteiger partial charge in [-0.25, -0.2) is 8.78 Å². The SMILES string of the molecule is CC1CC2CC(C)CC(NCc3cc(-c4c(F)cccc4F)on3)(C1)C2. The monoisotopic (exact) mass is 360 g/mol. The Morgan fingerprint density at radius 2 is 1.77 bits per heavy atom. The Morgan fingerprint density at radius 1 is 1.12 bits per heavy atom. The van der Waals surface area contributed by atoms with Gasteiger partial charge in [0.15, 0.2) is 5.76 Å². The van der Waals surface area contributed by atoms with Gasteiger partial charge in [-0.15, -0.1) is 0 Å². The number of aromatic nitrogens is 1. The maximum atomic E-state index is 13.9. The van der Waals surface area contributed by atoms with Crippen molar-refractivity contribution in [2.75, 3.05) is 0 Å². The Bertz CT molecular complexity index is 748. The van der Waals surface area contributed by atoms with Gasteiger partial charge >= 0.3 is 0 Å². The fraction of sp³-hybridized carbons (Fsp3) is 0.571. The van der Waals surface area contributed by atoms with Crippen LogP contribution in [0.1, 0.15) is 51.6 Å². The number of rotatable bonds is 4. The summed E-state index contributed by atoms with van der Waals surface area (Å²) in [4.78, 5) is 0. The molecule has 2 aliphatic rings. The Kier molecular flexibility index (Phi) is 4.59. The van der Waals surface area contributed by atoms with Crippen molar-refractivity contribution < 1.29 is 13.3 Å². The molecule has 0 radical (unpaired) electrons. The number of benzene rings is 1. The first-order valence-electron chi connectivity index (χ1n) is 9.59. The Hall–Kier alpha value is -1.75. The van der Waals surface area contributed by atoms with Gasteiger partial charge in [0, 0.05) is 18.2 Å². The van der Waals surface area contributed by atoms with Crippen LogP contribution in [0.5, 0.6) is 0 Å². The second-order valence-corrected chi connectivity index (χ2v) is 8.57. The fourth-order valence-corrected chi connectivity index (χ4v) is 5.45. The summed E-state index contributed by atoms with van der Waals surface area (Å²) < 4.78 is 33.1. The molecule has 2 fully saturated rings. The molecule has 5 heteroatoms. The number of fused-ring (bicyclic) bond motifs is 2. The van der Waals surface area contributed by atoms with E-state index in [9.17, 15) is 8.78 Å². The first-order chi connectivity index (χ1) is 12.4. The molecule has 1 heterocycles. The molecule has 2 atom stereocenters. The predicted octanol–water partition coefficient (Wildman–Crippen LogP) is 5.31. The highest BCUT2D eigenvalue weighted by Gasteiger charge is 2.43. The van der Waals surface area contributed by atoms with E-state index in [1.54, 1.807) is 6.07 Å². The molecule has 4 rings (SSSR count). The van der Waals surface area contributed by atoms with Crippen LogP contribution in [0.2, 0.25) is 0 Å². The number of nitrogens with one attached hydrogen (secondary N) is 1. The summed E-state index contributed by atoms with van der Waals surface area (Å²) in [5.41, 5.74) is 0.689. The zero-order valence-electron chi connectivity index (χ0n) is 15.4. The first kappa shape index (κ1) is 17.7. The molecule has 0 spiro atoms. The third kappa shape index (κ3) is 3.41. The summed E-state index contributed by atoms with van der Waals surface area (Å²) in [5.74, 6) is 1.13. The summed E-state index contributed by atoms with van der Waals surface area (Å²) in [6, 6.07) is 5.44. The highest BCUT2D eigenvalue weighted by atomic mass is 19.1. The summed E-state index contributed by atoms with van der Waals surface area (Å²) in [6.07, 6.45) is 6.23. The van der Waals surface area contributed by atoms with Gasteiger partial charge in [0.25, 0.3) is 0 Å². The minimum atomic E-state index is -0.635. The van der Waals surface area contributed by atoms with E-state index in [1.807, 2.05) is 0 Å². The molecule has 2 aliphatic carbocycles. The molecule has 0 saturated heterocycles. The molecule has 2 bridgehead atoms. The number of halogens is 2. The summed E-state index contributed by atoms with van der Waals surface area (Å²) >= 11 is 0. The van der Waals surface area contributed by atoms with Crippen LogP contribution in [-0.4, -0.2) is 10.7 Å². The lowest BCUT2D eigenvalue weighted by Crippen LogP contribution is -2.54. The van der Waals surface area contributed by atoms with Crippen molar-refractivity contribution >= 4 is 0 Å². The van der Waals surface area contributed by atoms with Crippen molar-refractivity contribution in [3.05, 3.63) is 41.6 Å². The standard InChI is InChI=1S/C21H26F2N2O/c1-13-6-15-7-14(2)10-21(9-13,11-15)24-12-16-8-19(26-25-16)20-17(22)4-3-5-18(20)23/h3-5,8,13-15,24H,6-7,9-12H2,1-2H3. The van der Waals surface area contributed by atoms with Gasteiger partial charge in [-0.05, 0) is 62.0 Å². The first-order valence-corrected chi connectivity index (χ1v) is 9.59. The van der Waals surface area contributed by atoms with Crippen molar-refractivity contribution in [3.8, 4) is 11.3 Å². The molecule has 0 amide bonds. The molecular formula is C21H26F2N2O. The van der Waals surface area contributed by atoms with E-state index in [-0.39, 0.29) is 16.9 Å². The molecule has 1 N–H and O–H groups in total. The molecular weight excluding hydrogens is 334 g/mol. The highest BCUT2D eigenvalue weighted by molar-refractivity contribution is 5.59. The van der Waals surface area contributed by atoms with E-state index < -0.39 is 11.6 Å². The zero-order valence-corrected chi connectivity index (χ0v) is 15.4. The van der Waals surface area contributed by atoms with Crippen LogP contribution in [0.4, 0.5) is 8.78 Å². The summed E-state index contributed by atoms with van der Waals surface area (Å²) in [5, 5.41) is 7.76. The second-order valence-electron chi connectivity index (χ2n) is 8.57. The molecule has 140 valence electrons. The normalized spacial score (nSPS) is 31.2. The van der Waals surface area contributed by atoms with E-state index in [0.29, 0.717) is 12.2 Å². The van der Waals surface area contributed by atoms with Crippen molar-refractivity contribution in [3.63, 3.8) is 0 Å². The van der Waals surface area contributed by atoms with Crippen LogP contribution in [0.3, 0.4) is 0 Å². The molecule has 2 unspecified atom stereocenters. The third-order valence-corrected chi connectivity index (χ3v) is 6.04. The largest absolute Gasteiger partial charge is 0.356 e. The second kappa shape index (κ2) is 6.76. The predicted molar refractivity (Wildman–Crippen MR) is 96.3 cm³/mol. The molecule has 26 heavy (non-hydrogen) atoms. The number of nitrogens with zero attached hydrogens (tertiary/aromatic N) is 1. The highest BCUT2D eigenvalue weighted by Crippen LogP contribution is 2.47. The van der Waals surface area contributed by atoms with E-state index >= 15 is 0 Å². The van der Waals surface area contributed by atoms with E-state index in [1.165, 1.54) is 50.3 Å². The van der Waals surface area contributed by atoms with Gasteiger partial charge in [0.1, 0.15) is 11.6 Å². The Balaban J connectivity index is 1.49. The van der Waals surface area contributed by atoms with Crippen LogP contribution in [-0.2, 0) is 6.54 Å². The Labute approximate surface area is 153 Å². The number of hydrogen-bond donors (Lipinski definition) is 1. The molecule has 2 saturated carbocycles. The lowest BCUT2D eigenvalue weighted by Gasteiger charge is -2.50. The van der Waals surface area contributed by atoms with Gasteiger partial charge in [0.05, 0.1) is 11.3 Å². The van der Waals surface area contributed by atoms with Gasteiger partial charge in [0.2, 0.25) is 0 Å². The lowest BCUT2D eigenvalue weighted by molar-refractivity contribution is 0.0538. The average Bonchev–Trinajstić information content (AvgIpc) is 3.00. The smallest absolute Gasteiger partial charge is 0.173 e. The summed E-state index contributed by atoms with van der Waals surface area (Å²) in [7, 11) is 0. The van der Waals surface area contributed by atoms with Gasteiger partial charge in [-0.1, -0.05) is 25.1 Å². The van der Waals surface area contributed by atoms with Gasteiger partial charge in [-0.3, -0.25) is 0 Å². The van der Waals surface area contributed by atoms with Crippen LogP contribution in [0.15, 0.2) is 28.8 Å². The van der Waals surface area contributed by atoms with E-state index in [2.05, 4.69) is 24.3 Å². The average molecular weight is 360 g/mol. The van der Waals surface area contributed by atoms with Crippen molar-refractivity contribution in [2.45, 2.75) is 58.0 Å². The molecule has 3 nitrogen and oxygen atoms in total. The van der Waals surface area contributed by atoms with Crippen molar-refractivity contribution in [1.82, 2.24) is 10.5 Å². The number of hydrogen-bond acceptors (Lipinski definition) is 3. The van der Waals surface area contributed by atoms with Crippen LogP contribution >= 0.6 is 0 Å². The minimum Gasteiger partial charge on any atom is -0.356 e. The van der Waals surface area contributed by atoms with Gasteiger partial charge in [-0.2, -0.15) is 0 Å². The topological polar surface area (TPSA) is 38.1 Å². The van der Waals surface area contributed by atoms with Crippen LogP contribution in [0, 0.1) is 29.4 Å². The van der Waals surface area contributed by atoms with E-state index in [0.717, 1.165) is 17.8 Å². The quantitative estimate of drug-likeness (QED) is 0.802. The minimum absolute atomic E-state index is 0.141. The fourth-order valence-electron chi connectivity index (χ4n) is 5.45. The summed E-state index contributed by atoms with van der Waals surface area (Å²) in [6.45, 7) is 5.24. The molecule has 0 aliphatic heterocycles. The Morgan fingerprint density at radius 3 is 2.42 bits per heavy atom. The molecule has 1 aromatic carbocycles. The lowest BCUT2D eigenvalue weighted by atomic mass is 9.61. The van der Waals surface area contributed by atoms with E-state index in [4.69, 9.17) is 4.52 Å². The zero-order chi connectivity index (χ0) is 18.3. The van der Waals surface area contributed by atoms with Crippen LogP contribution in [0.25, 0.3) is 11.3 Å². The van der Waals surface area contributed by atoms with Gasteiger partial charge < -0.3 is 9.84 Å².